The zero-order valence-electron chi connectivity index (χ0n) is 20.4. The number of phenols is 1. The van der Waals surface area contributed by atoms with Crippen LogP contribution in [-0.2, 0) is 21.8 Å². The van der Waals surface area contributed by atoms with Crippen LogP contribution >= 0.6 is 0 Å². The molecular formula is C26H25F3O7S. The van der Waals surface area contributed by atoms with E-state index in [2.05, 4.69) is 0 Å². The predicted molar refractivity (Wildman–Crippen MR) is 132 cm³/mol. The van der Waals surface area contributed by atoms with Gasteiger partial charge in [0.15, 0.2) is 32.8 Å². The lowest BCUT2D eigenvalue weighted by Gasteiger charge is -2.14. The molecule has 37 heavy (non-hydrogen) atoms. The van der Waals surface area contributed by atoms with E-state index in [0.717, 1.165) is 18.2 Å². The van der Waals surface area contributed by atoms with Crippen LogP contribution in [0.1, 0.15) is 22.3 Å². The zero-order chi connectivity index (χ0) is 27.4. The number of phenolic OH excluding ortho intramolecular Hbond substituents is 1. The lowest BCUT2D eigenvalue weighted by Crippen LogP contribution is -2.10. The Labute approximate surface area is 212 Å². The highest BCUT2D eigenvalue weighted by molar-refractivity contribution is 7.90. The molecule has 0 fully saturated rings. The maximum absolute atomic E-state index is 13.1. The van der Waals surface area contributed by atoms with Gasteiger partial charge in [0.05, 0.1) is 44.7 Å². The van der Waals surface area contributed by atoms with Gasteiger partial charge in [0, 0.05) is 0 Å². The van der Waals surface area contributed by atoms with E-state index in [1.165, 1.54) is 40.6 Å². The Balaban J connectivity index is 2.06. The quantitative estimate of drug-likeness (QED) is 0.355. The lowest BCUT2D eigenvalue weighted by molar-refractivity contribution is -0.137. The van der Waals surface area contributed by atoms with Crippen molar-refractivity contribution in [3.05, 3.63) is 70.8 Å². The van der Waals surface area contributed by atoms with E-state index >= 15 is 0 Å². The molecule has 3 rings (SSSR count). The average molecular weight is 539 g/mol. The van der Waals surface area contributed by atoms with Gasteiger partial charge in [-0.05, 0) is 59.2 Å². The minimum Gasteiger partial charge on any atom is -0.504 e. The fourth-order valence-corrected chi connectivity index (χ4v) is 5.03. The van der Waals surface area contributed by atoms with E-state index in [0.29, 0.717) is 34.4 Å². The van der Waals surface area contributed by atoms with Crippen molar-refractivity contribution in [1.29, 1.82) is 0 Å². The molecule has 0 aliphatic heterocycles. The summed E-state index contributed by atoms with van der Waals surface area (Å²) in [5.41, 5.74) is 0.0502. The molecule has 0 heterocycles. The standard InChI is InChI=1S/C26H25F3O7S/c1-33-22-13-18(15-37(31,32)20-7-5-6-19(14-20)26(27,28)29)17(12-21(22)30)9-8-16-10-23(34-2)25(36-4)24(11-16)35-3/h5-14,30H,15H2,1-4H3/b9-8-. The van der Waals surface area contributed by atoms with Crippen LogP contribution in [0.5, 0.6) is 28.7 Å². The van der Waals surface area contributed by atoms with Gasteiger partial charge in [0.2, 0.25) is 5.75 Å². The summed E-state index contributed by atoms with van der Waals surface area (Å²) in [5, 5.41) is 10.3. The van der Waals surface area contributed by atoms with Crippen molar-refractivity contribution in [3.8, 4) is 28.7 Å². The molecule has 0 aromatic heterocycles. The maximum atomic E-state index is 13.1. The van der Waals surface area contributed by atoms with E-state index in [1.807, 2.05) is 0 Å². The van der Waals surface area contributed by atoms with E-state index < -0.39 is 32.2 Å². The second kappa shape index (κ2) is 11.0. The monoisotopic (exact) mass is 538 g/mol. The SMILES string of the molecule is COc1cc(CS(=O)(=O)c2cccc(C(F)(F)F)c2)c(/C=C\c2cc(OC)c(OC)c(OC)c2)cc1O. The lowest BCUT2D eigenvalue weighted by atomic mass is 10.1. The Kier molecular flexibility index (Phi) is 8.27. The summed E-state index contributed by atoms with van der Waals surface area (Å²) in [5.74, 6) is 0.307. The number of aromatic hydroxyl groups is 1. The molecule has 0 radical (unpaired) electrons. The second-order valence-corrected chi connectivity index (χ2v) is 9.79. The average Bonchev–Trinajstić information content (AvgIpc) is 2.87. The topological polar surface area (TPSA) is 91.3 Å². The van der Waals surface area contributed by atoms with Crippen molar-refractivity contribution in [2.75, 3.05) is 28.4 Å². The third kappa shape index (κ3) is 6.29. The van der Waals surface area contributed by atoms with Crippen LogP contribution in [0.25, 0.3) is 12.2 Å². The van der Waals surface area contributed by atoms with Crippen LogP contribution in [0.15, 0.2) is 53.4 Å². The first-order chi connectivity index (χ1) is 17.4. The van der Waals surface area contributed by atoms with Crippen molar-refractivity contribution in [2.45, 2.75) is 16.8 Å². The van der Waals surface area contributed by atoms with Crippen LogP contribution in [0, 0.1) is 0 Å². The summed E-state index contributed by atoms with van der Waals surface area (Å²) in [6, 6.07) is 9.51. The van der Waals surface area contributed by atoms with Crippen molar-refractivity contribution in [1.82, 2.24) is 0 Å². The number of benzene rings is 3. The molecule has 198 valence electrons. The summed E-state index contributed by atoms with van der Waals surface area (Å²) in [6.45, 7) is 0. The molecule has 3 aromatic carbocycles. The summed E-state index contributed by atoms with van der Waals surface area (Å²) in [4.78, 5) is -0.478. The maximum Gasteiger partial charge on any atom is 0.416 e. The molecule has 0 aliphatic carbocycles. The largest absolute Gasteiger partial charge is 0.504 e. The van der Waals surface area contributed by atoms with Crippen molar-refractivity contribution >= 4 is 22.0 Å². The van der Waals surface area contributed by atoms with E-state index in [-0.39, 0.29) is 17.1 Å². The molecule has 0 amide bonds. The van der Waals surface area contributed by atoms with Gasteiger partial charge in [-0.2, -0.15) is 13.2 Å². The molecule has 0 bridgehead atoms. The minimum atomic E-state index is -4.69. The molecule has 0 atom stereocenters. The van der Waals surface area contributed by atoms with Crippen molar-refractivity contribution < 1.29 is 45.6 Å². The second-order valence-electron chi connectivity index (χ2n) is 7.80. The Morgan fingerprint density at radius 2 is 1.46 bits per heavy atom. The van der Waals surface area contributed by atoms with Gasteiger partial charge >= 0.3 is 6.18 Å². The van der Waals surface area contributed by atoms with Crippen LogP contribution in [0.2, 0.25) is 0 Å². The molecule has 0 saturated heterocycles. The predicted octanol–water partition coefficient (Wildman–Crippen LogP) is 5.59. The third-order valence-corrected chi connectivity index (χ3v) is 7.11. The first-order valence-corrected chi connectivity index (χ1v) is 12.4. The first kappa shape index (κ1) is 27.7. The molecule has 0 unspecified atom stereocenters. The molecule has 11 heteroatoms. The number of halogens is 3. The van der Waals surface area contributed by atoms with Crippen LogP contribution in [-0.4, -0.2) is 42.0 Å². The van der Waals surface area contributed by atoms with Gasteiger partial charge in [-0.15, -0.1) is 0 Å². The number of ether oxygens (including phenoxy) is 4. The number of hydrogen-bond acceptors (Lipinski definition) is 7. The fourth-order valence-electron chi connectivity index (χ4n) is 3.61. The Hall–Kier alpha value is -3.86. The fraction of sp³-hybridized carbons (Fsp3) is 0.231. The van der Waals surface area contributed by atoms with Gasteiger partial charge in [0.1, 0.15) is 0 Å². The Morgan fingerprint density at radius 3 is 2.00 bits per heavy atom. The highest BCUT2D eigenvalue weighted by atomic mass is 32.2. The van der Waals surface area contributed by atoms with Gasteiger partial charge in [0.25, 0.3) is 0 Å². The number of methoxy groups -OCH3 is 4. The van der Waals surface area contributed by atoms with Gasteiger partial charge in [-0.25, -0.2) is 8.42 Å². The minimum absolute atomic E-state index is 0.0131. The van der Waals surface area contributed by atoms with Crippen LogP contribution in [0.3, 0.4) is 0 Å². The number of alkyl halides is 3. The molecule has 0 spiro atoms. The Bertz CT molecular complexity index is 1390. The highest BCUT2D eigenvalue weighted by Gasteiger charge is 2.32. The van der Waals surface area contributed by atoms with Crippen LogP contribution in [0.4, 0.5) is 13.2 Å². The molecule has 3 aromatic rings. The van der Waals surface area contributed by atoms with Gasteiger partial charge in [-0.3, -0.25) is 0 Å². The van der Waals surface area contributed by atoms with E-state index in [4.69, 9.17) is 18.9 Å². The molecule has 0 saturated carbocycles. The molecule has 1 N–H and O–H groups in total. The Morgan fingerprint density at radius 1 is 0.838 bits per heavy atom. The number of sulfone groups is 1. The number of rotatable bonds is 9. The number of hydrogen-bond donors (Lipinski definition) is 1. The highest BCUT2D eigenvalue weighted by Crippen LogP contribution is 2.39. The summed E-state index contributed by atoms with van der Waals surface area (Å²) in [7, 11) is 1.49. The normalized spacial score (nSPS) is 12.0. The smallest absolute Gasteiger partial charge is 0.416 e. The summed E-state index contributed by atoms with van der Waals surface area (Å²) in [6.07, 6.45) is -1.51. The molecular weight excluding hydrogens is 513 g/mol. The summed E-state index contributed by atoms with van der Waals surface area (Å²) >= 11 is 0. The van der Waals surface area contributed by atoms with Crippen molar-refractivity contribution in [3.63, 3.8) is 0 Å². The van der Waals surface area contributed by atoms with E-state index in [1.54, 1.807) is 24.3 Å². The van der Waals surface area contributed by atoms with Crippen LogP contribution < -0.4 is 18.9 Å². The van der Waals surface area contributed by atoms with E-state index in [9.17, 15) is 26.7 Å². The first-order valence-electron chi connectivity index (χ1n) is 10.7. The zero-order valence-corrected chi connectivity index (χ0v) is 21.2. The van der Waals surface area contributed by atoms with Crippen molar-refractivity contribution in [2.24, 2.45) is 0 Å². The van der Waals surface area contributed by atoms with Gasteiger partial charge in [-0.1, -0.05) is 18.2 Å². The molecule has 0 aliphatic rings. The summed E-state index contributed by atoms with van der Waals surface area (Å²) < 4.78 is 86.7. The molecule has 7 nitrogen and oxygen atoms in total. The van der Waals surface area contributed by atoms with Gasteiger partial charge < -0.3 is 24.1 Å². The third-order valence-electron chi connectivity index (χ3n) is 5.45.